The van der Waals surface area contributed by atoms with Gasteiger partial charge in [0.05, 0.1) is 6.54 Å². The van der Waals surface area contributed by atoms with Crippen LogP contribution >= 0.6 is 0 Å². The SMILES string of the molecule is CCCCCCCCCCCCCCCC(=O)OCCNC(=O)NCCCCCCNC(=O)NCC. The zero-order valence-corrected chi connectivity index (χ0v) is 23.4. The Balaban J connectivity index is 3.32. The number of carbonyl (C=O) groups is 3. The van der Waals surface area contributed by atoms with E-state index in [9.17, 15) is 14.4 Å². The van der Waals surface area contributed by atoms with Crippen LogP contribution in [0.4, 0.5) is 9.59 Å². The van der Waals surface area contributed by atoms with E-state index < -0.39 is 0 Å². The molecule has 0 aliphatic rings. The maximum atomic E-state index is 11.8. The molecule has 0 rings (SSSR count). The third-order valence-corrected chi connectivity index (χ3v) is 6.15. The normalized spacial score (nSPS) is 10.6. The van der Waals surface area contributed by atoms with Gasteiger partial charge in [0.25, 0.3) is 0 Å². The molecule has 0 saturated carbocycles. The monoisotopic (exact) mass is 512 g/mol. The van der Waals surface area contributed by atoms with Gasteiger partial charge in [-0.3, -0.25) is 4.79 Å². The molecular formula is C28H56N4O4. The number of amides is 4. The molecule has 8 nitrogen and oxygen atoms in total. The van der Waals surface area contributed by atoms with Crippen molar-refractivity contribution in [3.63, 3.8) is 0 Å². The zero-order valence-electron chi connectivity index (χ0n) is 23.4. The highest BCUT2D eigenvalue weighted by Gasteiger charge is 2.04. The lowest BCUT2D eigenvalue weighted by atomic mass is 10.0. The maximum absolute atomic E-state index is 11.8. The molecule has 212 valence electrons. The van der Waals surface area contributed by atoms with Gasteiger partial charge in [-0.2, -0.15) is 0 Å². The van der Waals surface area contributed by atoms with E-state index in [1.165, 1.54) is 70.6 Å². The lowest BCUT2D eigenvalue weighted by molar-refractivity contribution is -0.143. The van der Waals surface area contributed by atoms with Gasteiger partial charge < -0.3 is 26.0 Å². The molecule has 36 heavy (non-hydrogen) atoms. The van der Waals surface area contributed by atoms with Crippen molar-refractivity contribution in [2.75, 3.05) is 32.8 Å². The fraction of sp³-hybridized carbons (Fsp3) is 0.893. The van der Waals surface area contributed by atoms with E-state index in [0.29, 0.717) is 32.6 Å². The highest BCUT2D eigenvalue weighted by atomic mass is 16.5. The quantitative estimate of drug-likeness (QED) is 0.0864. The summed E-state index contributed by atoms with van der Waals surface area (Å²) in [6, 6.07) is -0.360. The van der Waals surface area contributed by atoms with Gasteiger partial charge in [-0.1, -0.05) is 96.8 Å². The summed E-state index contributed by atoms with van der Waals surface area (Å²) in [6.07, 6.45) is 21.0. The number of carbonyl (C=O) groups excluding carboxylic acids is 3. The second kappa shape index (κ2) is 27.6. The van der Waals surface area contributed by atoms with Crippen molar-refractivity contribution < 1.29 is 19.1 Å². The molecule has 0 atom stereocenters. The molecule has 0 spiro atoms. The van der Waals surface area contributed by atoms with E-state index in [1.54, 1.807) is 0 Å². The summed E-state index contributed by atoms with van der Waals surface area (Å²) in [5.74, 6) is -0.179. The summed E-state index contributed by atoms with van der Waals surface area (Å²) in [4.78, 5) is 34.8. The highest BCUT2D eigenvalue weighted by Crippen LogP contribution is 2.13. The first-order chi connectivity index (χ1) is 17.6. The van der Waals surface area contributed by atoms with E-state index in [2.05, 4.69) is 28.2 Å². The molecule has 8 heteroatoms. The van der Waals surface area contributed by atoms with Gasteiger partial charge in [0, 0.05) is 26.1 Å². The standard InChI is InChI=1S/C28H56N4O4/c1-3-5-6-7-8-9-10-11-12-13-14-15-18-21-26(33)36-25-24-32-28(35)31-23-20-17-16-19-22-30-27(34)29-4-2/h3-25H2,1-2H3,(H2,29,30,34)(H2,31,32,35). The van der Waals surface area contributed by atoms with E-state index in [1.807, 2.05) is 6.92 Å². The van der Waals surface area contributed by atoms with Crippen LogP contribution in [0.2, 0.25) is 0 Å². The minimum Gasteiger partial charge on any atom is -0.464 e. The van der Waals surface area contributed by atoms with E-state index >= 15 is 0 Å². The molecule has 0 bridgehead atoms. The summed E-state index contributed by atoms with van der Waals surface area (Å²) in [7, 11) is 0. The zero-order chi connectivity index (χ0) is 26.5. The first kappa shape index (κ1) is 34.0. The van der Waals surface area contributed by atoms with Gasteiger partial charge in [0.2, 0.25) is 0 Å². The minimum absolute atomic E-state index is 0.124. The largest absolute Gasteiger partial charge is 0.464 e. The molecule has 4 N–H and O–H groups in total. The Morgan fingerprint density at radius 2 is 0.917 bits per heavy atom. The molecular weight excluding hydrogens is 456 g/mol. The summed E-state index contributed by atoms with van der Waals surface area (Å²) in [6.45, 7) is 6.57. The molecule has 0 aliphatic heterocycles. The first-order valence-corrected chi connectivity index (χ1v) is 14.8. The molecule has 0 heterocycles. The van der Waals surface area contributed by atoms with Crippen molar-refractivity contribution in [2.24, 2.45) is 0 Å². The lowest BCUT2D eigenvalue weighted by Gasteiger charge is -2.09. The van der Waals surface area contributed by atoms with Crippen LogP contribution in [-0.4, -0.2) is 50.8 Å². The Kier molecular flexibility index (Phi) is 26.1. The van der Waals surface area contributed by atoms with Gasteiger partial charge in [-0.25, -0.2) is 9.59 Å². The molecule has 0 saturated heterocycles. The second-order valence-electron chi connectivity index (χ2n) is 9.60. The fourth-order valence-corrected chi connectivity index (χ4v) is 3.98. The Labute approximate surface area is 220 Å². The van der Waals surface area contributed by atoms with Gasteiger partial charge in [0.15, 0.2) is 0 Å². The summed E-state index contributed by atoms with van der Waals surface area (Å²) in [5, 5.41) is 11.0. The summed E-state index contributed by atoms with van der Waals surface area (Å²) < 4.78 is 5.20. The predicted octanol–water partition coefficient (Wildman–Crippen LogP) is 6.19. The summed E-state index contributed by atoms with van der Waals surface area (Å²) >= 11 is 0. The predicted molar refractivity (Wildman–Crippen MR) is 148 cm³/mol. The molecule has 0 aliphatic carbocycles. The average molecular weight is 513 g/mol. The van der Waals surface area contributed by atoms with Crippen LogP contribution in [0, 0.1) is 0 Å². The van der Waals surface area contributed by atoms with Crippen LogP contribution in [0.5, 0.6) is 0 Å². The number of nitrogens with one attached hydrogen (secondary N) is 4. The smallest absolute Gasteiger partial charge is 0.314 e. The number of unbranched alkanes of at least 4 members (excludes halogenated alkanes) is 15. The molecule has 0 radical (unpaired) electrons. The van der Waals surface area contributed by atoms with Gasteiger partial charge in [0.1, 0.15) is 6.61 Å². The molecule has 0 aromatic heterocycles. The maximum Gasteiger partial charge on any atom is 0.314 e. The fourth-order valence-electron chi connectivity index (χ4n) is 3.98. The summed E-state index contributed by atoms with van der Waals surface area (Å²) in [5.41, 5.74) is 0. The third-order valence-electron chi connectivity index (χ3n) is 6.15. The Hall–Kier alpha value is -1.99. The van der Waals surface area contributed by atoms with Crippen LogP contribution in [0.1, 0.15) is 129 Å². The van der Waals surface area contributed by atoms with Crippen molar-refractivity contribution in [2.45, 2.75) is 129 Å². The van der Waals surface area contributed by atoms with Crippen LogP contribution < -0.4 is 21.3 Å². The van der Waals surface area contributed by atoms with E-state index in [0.717, 1.165) is 38.5 Å². The minimum atomic E-state index is -0.236. The number of esters is 1. The highest BCUT2D eigenvalue weighted by molar-refractivity contribution is 5.74. The van der Waals surface area contributed by atoms with Crippen LogP contribution in [0.15, 0.2) is 0 Å². The van der Waals surface area contributed by atoms with Crippen molar-refractivity contribution in [3.05, 3.63) is 0 Å². The van der Waals surface area contributed by atoms with Crippen molar-refractivity contribution in [3.8, 4) is 0 Å². The first-order valence-electron chi connectivity index (χ1n) is 14.8. The number of rotatable bonds is 25. The van der Waals surface area contributed by atoms with Crippen LogP contribution in [-0.2, 0) is 9.53 Å². The Bertz CT molecular complexity index is 532. The van der Waals surface area contributed by atoms with Crippen LogP contribution in [0.25, 0.3) is 0 Å². The molecule has 0 unspecified atom stereocenters. The van der Waals surface area contributed by atoms with Gasteiger partial charge >= 0.3 is 18.0 Å². The number of hydrogen-bond acceptors (Lipinski definition) is 4. The van der Waals surface area contributed by atoms with Crippen molar-refractivity contribution in [1.29, 1.82) is 0 Å². The van der Waals surface area contributed by atoms with E-state index in [-0.39, 0.29) is 24.6 Å². The van der Waals surface area contributed by atoms with Crippen molar-refractivity contribution >= 4 is 18.0 Å². The molecule has 0 aromatic carbocycles. The van der Waals surface area contributed by atoms with Crippen molar-refractivity contribution in [1.82, 2.24) is 21.3 Å². The average Bonchev–Trinajstić information content (AvgIpc) is 2.86. The molecule has 0 fully saturated rings. The lowest BCUT2D eigenvalue weighted by Crippen LogP contribution is -2.38. The third kappa shape index (κ3) is 26.6. The number of ether oxygens (including phenoxy) is 1. The van der Waals surface area contributed by atoms with Gasteiger partial charge in [-0.05, 0) is 26.2 Å². The molecule has 0 aromatic rings. The number of urea groups is 2. The molecule has 4 amide bonds. The topological polar surface area (TPSA) is 109 Å². The number of hydrogen-bond donors (Lipinski definition) is 4. The Morgan fingerprint density at radius 3 is 1.42 bits per heavy atom. The van der Waals surface area contributed by atoms with Crippen LogP contribution in [0.3, 0.4) is 0 Å². The van der Waals surface area contributed by atoms with Gasteiger partial charge in [-0.15, -0.1) is 0 Å². The van der Waals surface area contributed by atoms with E-state index in [4.69, 9.17) is 4.74 Å². The second-order valence-corrected chi connectivity index (χ2v) is 9.60. The Morgan fingerprint density at radius 1 is 0.500 bits per heavy atom.